The van der Waals surface area contributed by atoms with Gasteiger partial charge in [-0.15, -0.1) is 0 Å². The highest BCUT2D eigenvalue weighted by Crippen LogP contribution is 2.36. The number of hydrogen-bond acceptors (Lipinski definition) is 4. The van der Waals surface area contributed by atoms with E-state index in [1.54, 1.807) is 0 Å². The second-order valence-corrected chi connectivity index (χ2v) is 4.59. The molecule has 19 heavy (non-hydrogen) atoms. The van der Waals surface area contributed by atoms with Crippen LogP contribution in [0.15, 0.2) is 18.2 Å². The fourth-order valence-corrected chi connectivity index (χ4v) is 2.51. The Morgan fingerprint density at radius 2 is 2.00 bits per heavy atom. The molecule has 0 aliphatic carbocycles. The number of aromatic nitrogens is 2. The normalized spacial score (nSPS) is 13.6. The van der Waals surface area contributed by atoms with Crippen LogP contribution in [0.4, 0.5) is 0 Å². The molecule has 0 saturated heterocycles. The van der Waals surface area contributed by atoms with Gasteiger partial charge in [-0.3, -0.25) is 4.68 Å². The maximum atomic E-state index is 5.82. The summed E-state index contributed by atoms with van der Waals surface area (Å²) < 4.78 is 13.0. The third kappa shape index (κ3) is 1.96. The molecule has 0 fully saturated rings. The number of nitrogens with zero attached hydrogens (tertiary/aromatic N) is 2. The quantitative estimate of drug-likeness (QED) is 0.890. The maximum absolute atomic E-state index is 5.82. The third-order valence-corrected chi connectivity index (χ3v) is 3.37. The average molecular weight is 259 g/mol. The monoisotopic (exact) mass is 259 g/mol. The average Bonchev–Trinajstić information content (AvgIpc) is 2.72. The fourth-order valence-electron chi connectivity index (χ4n) is 2.51. The van der Waals surface area contributed by atoms with Crippen LogP contribution >= 0.6 is 0 Å². The molecule has 0 unspecified atom stereocenters. The molecule has 2 N–H and O–H groups in total. The SMILES string of the molecule is Cc1nn(C)c(CN)c1-c1ccc2c(c1)OCCO2. The Labute approximate surface area is 111 Å². The van der Waals surface area contributed by atoms with E-state index in [0.717, 1.165) is 34.0 Å². The van der Waals surface area contributed by atoms with Gasteiger partial charge in [0.2, 0.25) is 0 Å². The van der Waals surface area contributed by atoms with Gasteiger partial charge in [0.25, 0.3) is 0 Å². The summed E-state index contributed by atoms with van der Waals surface area (Å²) in [5.74, 6) is 1.58. The summed E-state index contributed by atoms with van der Waals surface area (Å²) in [7, 11) is 1.91. The Balaban J connectivity index is 2.12. The predicted octanol–water partition coefficient (Wildman–Crippen LogP) is 1.63. The van der Waals surface area contributed by atoms with Gasteiger partial charge in [0.1, 0.15) is 13.2 Å². The summed E-state index contributed by atoms with van der Waals surface area (Å²) in [6.07, 6.45) is 0. The van der Waals surface area contributed by atoms with Crippen molar-refractivity contribution in [1.29, 1.82) is 0 Å². The largest absolute Gasteiger partial charge is 0.486 e. The molecule has 100 valence electrons. The van der Waals surface area contributed by atoms with Crippen molar-refractivity contribution < 1.29 is 9.47 Å². The van der Waals surface area contributed by atoms with Crippen LogP contribution in [-0.4, -0.2) is 23.0 Å². The van der Waals surface area contributed by atoms with E-state index in [2.05, 4.69) is 5.10 Å². The second kappa shape index (κ2) is 4.59. The molecule has 1 aromatic heterocycles. The Kier molecular flexibility index (Phi) is 2.91. The van der Waals surface area contributed by atoms with Crippen molar-refractivity contribution in [3.63, 3.8) is 0 Å². The van der Waals surface area contributed by atoms with Gasteiger partial charge in [0, 0.05) is 19.2 Å². The lowest BCUT2D eigenvalue weighted by atomic mass is 10.0. The Morgan fingerprint density at radius 3 is 2.74 bits per heavy atom. The number of nitrogens with two attached hydrogens (primary N) is 1. The molecule has 0 saturated carbocycles. The lowest BCUT2D eigenvalue weighted by Crippen LogP contribution is -2.15. The molecule has 5 nitrogen and oxygen atoms in total. The molecule has 0 amide bonds. The number of hydrogen-bond donors (Lipinski definition) is 1. The zero-order valence-corrected chi connectivity index (χ0v) is 11.1. The van der Waals surface area contributed by atoms with Gasteiger partial charge in [0.15, 0.2) is 11.5 Å². The molecule has 1 aliphatic heterocycles. The first-order valence-corrected chi connectivity index (χ1v) is 6.33. The van der Waals surface area contributed by atoms with E-state index < -0.39 is 0 Å². The molecule has 3 rings (SSSR count). The maximum Gasteiger partial charge on any atom is 0.161 e. The lowest BCUT2D eigenvalue weighted by Gasteiger charge is -2.19. The zero-order chi connectivity index (χ0) is 13.4. The lowest BCUT2D eigenvalue weighted by molar-refractivity contribution is 0.171. The summed E-state index contributed by atoms with van der Waals surface area (Å²) in [6.45, 7) is 3.64. The highest BCUT2D eigenvalue weighted by atomic mass is 16.6. The molecule has 0 bridgehead atoms. The fraction of sp³-hybridized carbons (Fsp3) is 0.357. The van der Waals surface area contributed by atoms with E-state index in [4.69, 9.17) is 15.2 Å². The van der Waals surface area contributed by atoms with Gasteiger partial charge in [0.05, 0.1) is 11.4 Å². The standard InChI is InChI=1S/C14H17N3O2/c1-9-14(11(8-15)17(2)16-9)10-3-4-12-13(7-10)19-6-5-18-12/h3-4,7H,5-6,8,15H2,1-2H3. The van der Waals surface area contributed by atoms with E-state index in [1.807, 2.05) is 36.9 Å². The van der Waals surface area contributed by atoms with E-state index in [1.165, 1.54) is 0 Å². The van der Waals surface area contributed by atoms with Crippen molar-refractivity contribution in [3.8, 4) is 22.6 Å². The first kappa shape index (κ1) is 12.0. The van der Waals surface area contributed by atoms with Crippen molar-refractivity contribution in [2.45, 2.75) is 13.5 Å². The van der Waals surface area contributed by atoms with Crippen LogP contribution in [0.1, 0.15) is 11.4 Å². The molecule has 2 heterocycles. The van der Waals surface area contributed by atoms with Gasteiger partial charge in [-0.05, 0) is 24.6 Å². The van der Waals surface area contributed by atoms with Gasteiger partial charge in [-0.25, -0.2) is 0 Å². The molecule has 5 heteroatoms. The number of rotatable bonds is 2. The smallest absolute Gasteiger partial charge is 0.161 e. The number of benzene rings is 1. The molecule has 2 aromatic rings. The summed E-state index contributed by atoms with van der Waals surface area (Å²) in [5, 5.41) is 4.43. The molecule has 1 aliphatic rings. The van der Waals surface area contributed by atoms with Crippen LogP contribution in [0.2, 0.25) is 0 Å². The Morgan fingerprint density at radius 1 is 1.26 bits per heavy atom. The van der Waals surface area contributed by atoms with Crippen LogP contribution in [0.3, 0.4) is 0 Å². The topological polar surface area (TPSA) is 62.3 Å². The minimum absolute atomic E-state index is 0.459. The Bertz CT molecular complexity index is 619. The minimum atomic E-state index is 0.459. The molecule has 0 radical (unpaired) electrons. The van der Waals surface area contributed by atoms with E-state index >= 15 is 0 Å². The van der Waals surface area contributed by atoms with Crippen molar-refractivity contribution in [1.82, 2.24) is 9.78 Å². The van der Waals surface area contributed by atoms with Crippen LogP contribution in [0.5, 0.6) is 11.5 Å². The van der Waals surface area contributed by atoms with Crippen molar-refractivity contribution in [2.24, 2.45) is 12.8 Å². The van der Waals surface area contributed by atoms with Gasteiger partial charge < -0.3 is 15.2 Å². The first-order valence-electron chi connectivity index (χ1n) is 6.33. The molecular weight excluding hydrogens is 242 g/mol. The predicted molar refractivity (Wildman–Crippen MR) is 72.3 cm³/mol. The van der Waals surface area contributed by atoms with Crippen LogP contribution in [-0.2, 0) is 13.6 Å². The molecule has 0 atom stereocenters. The summed E-state index contributed by atoms with van der Waals surface area (Å²) >= 11 is 0. The third-order valence-electron chi connectivity index (χ3n) is 3.37. The molecular formula is C14H17N3O2. The minimum Gasteiger partial charge on any atom is -0.486 e. The zero-order valence-electron chi connectivity index (χ0n) is 11.1. The summed E-state index contributed by atoms with van der Waals surface area (Å²) in [6, 6.07) is 5.96. The van der Waals surface area contributed by atoms with E-state index in [0.29, 0.717) is 19.8 Å². The first-order chi connectivity index (χ1) is 9.20. The van der Waals surface area contributed by atoms with Gasteiger partial charge >= 0.3 is 0 Å². The van der Waals surface area contributed by atoms with Gasteiger partial charge in [-0.2, -0.15) is 5.10 Å². The van der Waals surface area contributed by atoms with Crippen molar-refractivity contribution >= 4 is 0 Å². The summed E-state index contributed by atoms with van der Waals surface area (Å²) in [4.78, 5) is 0. The van der Waals surface area contributed by atoms with E-state index in [9.17, 15) is 0 Å². The highest BCUT2D eigenvalue weighted by molar-refractivity contribution is 5.71. The number of fused-ring (bicyclic) bond motifs is 1. The van der Waals surface area contributed by atoms with Crippen LogP contribution in [0, 0.1) is 6.92 Å². The number of aryl methyl sites for hydroxylation is 2. The van der Waals surface area contributed by atoms with E-state index in [-0.39, 0.29) is 0 Å². The number of ether oxygens (including phenoxy) is 2. The summed E-state index contributed by atoms with van der Waals surface area (Å²) in [5.41, 5.74) is 9.97. The molecule has 0 spiro atoms. The van der Waals surface area contributed by atoms with Crippen molar-refractivity contribution in [3.05, 3.63) is 29.6 Å². The van der Waals surface area contributed by atoms with Crippen LogP contribution < -0.4 is 15.2 Å². The Hall–Kier alpha value is -2.01. The van der Waals surface area contributed by atoms with Gasteiger partial charge in [-0.1, -0.05) is 6.07 Å². The van der Waals surface area contributed by atoms with Crippen molar-refractivity contribution in [2.75, 3.05) is 13.2 Å². The highest BCUT2D eigenvalue weighted by Gasteiger charge is 2.17. The second-order valence-electron chi connectivity index (χ2n) is 4.59. The van der Waals surface area contributed by atoms with Crippen LogP contribution in [0.25, 0.3) is 11.1 Å². The molecule has 1 aromatic carbocycles.